The number of aryl methyl sites for hydroxylation is 2. The molecule has 0 N–H and O–H groups in total. The molecule has 72 valence electrons. The summed E-state index contributed by atoms with van der Waals surface area (Å²) in [5, 5.41) is 0. The monoisotopic (exact) mass is 179 g/mol. The Morgan fingerprint density at radius 3 is 2.23 bits per heavy atom. The van der Waals surface area contributed by atoms with Crippen LogP contribution in [0, 0.1) is 13.8 Å². The number of anilines is 1. The van der Waals surface area contributed by atoms with Crippen LogP contribution in [0.5, 0.6) is 0 Å². The van der Waals surface area contributed by atoms with Crippen LogP contribution in [0.4, 0.5) is 5.82 Å². The highest BCUT2D eigenvalue weighted by molar-refractivity contribution is 5.36. The van der Waals surface area contributed by atoms with Crippen molar-refractivity contribution in [2.24, 2.45) is 0 Å². The van der Waals surface area contributed by atoms with Crippen LogP contribution in [0.3, 0.4) is 0 Å². The van der Waals surface area contributed by atoms with Crippen LogP contribution in [-0.4, -0.2) is 23.1 Å². The molecule has 0 aliphatic heterocycles. The molecule has 1 aromatic rings. The Morgan fingerprint density at radius 2 is 1.77 bits per heavy atom. The van der Waals surface area contributed by atoms with Crippen LogP contribution < -0.4 is 4.90 Å². The minimum atomic E-state index is 0.980. The summed E-state index contributed by atoms with van der Waals surface area (Å²) in [7, 11) is 0. The molecule has 1 rings (SSSR count). The second-order valence-corrected chi connectivity index (χ2v) is 3.07. The first kappa shape index (κ1) is 9.96. The van der Waals surface area contributed by atoms with E-state index in [0.29, 0.717) is 0 Å². The van der Waals surface area contributed by atoms with E-state index in [2.05, 4.69) is 28.7 Å². The molecular formula is C10H17N3. The first-order valence-corrected chi connectivity index (χ1v) is 4.74. The molecule has 0 radical (unpaired) electrons. The summed E-state index contributed by atoms with van der Waals surface area (Å²) in [6, 6.07) is 0. The quantitative estimate of drug-likeness (QED) is 0.710. The average molecular weight is 179 g/mol. The predicted octanol–water partition coefficient (Wildman–Crippen LogP) is 1.94. The van der Waals surface area contributed by atoms with E-state index in [4.69, 9.17) is 0 Å². The first-order chi connectivity index (χ1) is 6.19. The number of hydrogen-bond acceptors (Lipinski definition) is 3. The molecule has 0 amide bonds. The maximum atomic E-state index is 4.48. The van der Waals surface area contributed by atoms with E-state index < -0.39 is 0 Å². The summed E-state index contributed by atoms with van der Waals surface area (Å²) < 4.78 is 0. The zero-order valence-electron chi connectivity index (χ0n) is 8.83. The van der Waals surface area contributed by atoms with Crippen LogP contribution in [0.25, 0.3) is 0 Å². The molecule has 3 heteroatoms. The number of rotatable bonds is 3. The SMILES string of the molecule is CCN(CC)c1cnc(C)c(C)n1. The second-order valence-electron chi connectivity index (χ2n) is 3.07. The molecule has 0 aliphatic rings. The largest absolute Gasteiger partial charge is 0.356 e. The fourth-order valence-electron chi connectivity index (χ4n) is 1.23. The van der Waals surface area contributed by atoms with Crippen molar-refractivity contribution in [2.45, 2.75) is 27.7 Å². The summed E-state index contributed by atoms with van der Waals surface area (Å²) >= 11 is 0. The van der Waals surface area contributed by atoms with Crippen molar-refractivity contribution in [3.8, 4) is 0 Å². The lowest BCUT2D eigenvalue weighted by molar-refractivity contribution is 0.831. The van der Waals surface area contributed by atoms with Crippen LogP contribution in [0.2, 0.25) is 0 Å². The third-order valence-corrected chi connectivity index (χ3v) is 2.27. The van der Waals surface area contributed by atoms with Gasteiger partial charge in [-0.15, -0.1) is 0 Å². The molecule has 0 saturated heterocycles. The van der Waals surface area contributed by atoms with Crippen LogP contribution in [0.1, 0.15) is 25.2 Å². The summed E-state index contributed by atoms with van der Waals surface area (Å²) in [6.45, 7) is 10.2. The van der Waals surface area contributed by atoms with Gasteiger partial charge < -0.3 is 4.90 Å². The molecule has 0 spiro atoms. The van der Waals surface area contributed by atoms with Crippen molar-refractivity contribution in [2.75, 3.05) is 18.0 Å². The van der Waals surface area contributed by atoms with Crippen molar-refractivity contribution >= 4 is 5.82 Å². The highest BCUT2D eigenvalue weighted by Gasteiger charge is 2.04. The Hall–Kier alpha value is -1.12. The topological polar surface area (TPSA) is 29.0 Å². The van der Waals surface area contributed by atoms with Crippen molar-refractivity contribution in [1.82, 2.24) is 9.97 Å². The van der Waals surface area contributed by atoms with Crippen LogP contribution in [0.15, 0.2) is 6.20 Å². The van der Waals surface area contributed by atoms with E-state index in [9.17, 15) is 0 Å². The van der Waals surface area contributed by atoms with E-state index in [-0.39, 0.29) is 0 Å². The van der Waals surface area contributed by atoms with Gasteiger partial charge in [-0.3, -0.25) is 4.98 Å². The normalized spacial score (nSPS) is 10.2. The molecule has 0 fully saturated rings. The molecule has 3 nitrogen and oxygen atoms in total. The number of nitrogens with zero attached hydrogens (tertiary/aromatic N) is 3. The third kappa shape index (κ3) is 2.17. The van der Waals surface area contributed by atoms with Gasteiger partial charge in [-0.25, -0.2) is 4.98 Å². The lowest BCUT2D eigenvalue weighted by Gasteiger charge is -2.19. The van der Waals surface area contributed by atoms with Gasteiger partial charge in [-0.1, -0.05) is 0 Å². The van der Waals surface area contributed by atoms with E-state index in [1.807, 2.05) is 20.0 Å². The Balaban J connectivity index is 2.95. The van der Waals surface area contributed by atoms with Gasteiger partial charge in [0.05, 0.1) is 17.6 Å². The lowest BCUT2D eigenvalue weighted by atomic mass is 10.3. The van der Waals surface area contributed by atoms with Crippen LogP contribution in [-0.2, 0) is 0 Å². The average Bonchev–Trinajstić information content (AvgIpc) is 2.13. The van der Waals surface area contributed by atoms with Gasteiger partial charge in [0.1, 0.15) is 5.82 Å². The zero-order valence-corrected chi connectivity index (χ0v) is 8.83. The molecule has 0 aromatic carbocycles. The molecule has 0 saturated carbocycles. The van der Waals surface area contributed by atoms with E-state index in [1.165, 1.54) is 0 Å². The summed E-state index contributed by atoms with van der Waals surface area (Å²) in [5.41, 5.74) is 2.03. The Bertz CT molecular complexity index is 279. The Kier molecular flexibility index (Phi) is 3.23. The minimum Gasteiger partial charge on any atom is -0.356 e. The van der Waals surface area contributed by atoms with Crippen molar-refractivity contribution < 1.29 is 0 Å². The van der Waals surface area contributed by atoms with Crippen molar-refractivity contribution in [3.05, 3.63) is 17.6 Å². The van der Waals surface area contributed by atoms with E-state index in [1.54, 1.807) is 0 Å². The molecule has 0 atom stereocenters. The number of aromatic nitrogens is 2. The van der Waals surface area contributed by atoms with Gasteiger partial charge in [-0.2, -0.15) is 0 Å². The highest BCUT2D eigenvalue weighted by Crippen LogP contribution is 2.10. The minimum absolute atomic E-state index is 0.980. The summed E-state index contributed by atoms with van der Waals surface area (Å²) in [4.78, 5) is 11.0. The van der Waals surface area contributed by atoms with E-state index in [0.717, 1.165) is 30.3 Å². The van der Waals surface area contributed by atoms with Gasteiger partial charge in [0.15, 0.2) is 0 Å². The fourth-order valence-corrected chi connectivity index (χ4v) is 1.23. The molecule has 1 aromatic heterocycles. The van der Waals surface area contributed by atoms with Crippen molar-refractivity contribution in [3.63, 3.8) is 0 Å². The second kappa shape index (κ2) is 4.21. The summed E-state index contributed by atoms with van der Waals surface area (Å²) in [5.74, 6) is 0.980. The molecule has 13 heavy (non-hydrogen) atoms. The number of hydrogen-bond donors (Lipinski definition) is 0. The fraction of sp³-hybridized carbons (Fsp3) is 0.600. The Labute approximate surface area is 79.8 Å². The molecule has 0 unspecified atom stereocenters. The molecule has 1 heterocycles. The van der Waals surface area contributed by atoms with Crippen LogP contribution >= 0.6 is 0 Å². The molecule has 0 aliphatic carbocycles. The van der Waals surface area contributed by atoms with Gasteiger partial charge in [0.2, 0.25) is 0 Å². The smallest absolute Gasteiger partial charge is 0.147 e. The Morgan fingerprint density at radius 1 is 1.15 bits per heavy atom. The lowest BCUT2D eigenvalue weighted by Crippen LogP contribution is -2.23. The highest BCUT2D eigenvalue weighted by atomic mass is 15.2. The molecule has 0 bridgehead atoms. The molecular weight excluding hydrogens is 162 g/mol. The maximum absolute atomic E-state index is 4.48. The van der Waals surface area contributed by atoms with Crippen molar-refractivity contribution in [1.29, 1.82) is 0 Å². The zero-order chi connectivity index (χ0) is 9.84. The predicted molar refractivity (Wildman–Crippen MR) is 55.1 cm³/mol. The summed E-state index contributed by atoms with van der Waals surface area (Å²) in [6.07, 6.45) is 1.84. The third-order valence-electron chi connectivity index (χ3n) is 2.27. The van der Waals surface area contributed by atoms with Gasteiger partial charge >= 0.3 is 0 Å². The first-order valence-electron chi connectivity index (χ1n) is 4.74. The van der Waals surface area contributed by atoms with E-state index >= 15 is 0 Å². The maximum Gasteiger partial charge on any atom is 0.147 e. The van der Waals surface area contributed by atoms with Gasteiger partial charge in [0.25, 0.3) is 0 Å². The van der Waals surface area contributed by atoms with Gasteiger partial charge in [-0.05, 0) is 27.7 Å². The van der Waals surface area contributed by atoms with Gasteiger partial charge in [0, 0.05) is 13.1 Å². The standard InChI is InChI=1S/C10H17N3/c1-5-13(6-2)10-7-11-8(3)9(4)12-10/h7H,5-6H2,1-4H3.